The molecule has 0 saturated carbocycles. The summed E-state index contributed by atoms with van der Waals surface area (Å²) in [5.41, 5.74) is -0.318. The van der Waals surface area contributed by atoms with Gasteiger partial charge in [0.25, 0.3) is 5.91 Å². The van der Waals surface area contributed by atoms with Crippen molar-refractivity contribution in [3.63, 3.8) is 0 Å². The summed E-state index contributed by atoms with van der Waals surface area (Å²) >= 11 is 0. The van der Waals surface area contributed by atoms with Gasteiger partial charge in [-0.1, -0.05) is 12.1 Å². The number of carbonyl (C=O) groups excluding carboxylic acids is 2. The number of nitrogens with one attached hydrogen (secondary N) is 2. The predicted molar refractivity (Wildman–Crippen MR) is 90.9 cm³/mol. The maximum absolute atomic E-state index is 12.1. The average molecular weight is 342 g/mol. The molecule has 2 aliphatic rings. The molecule has 0 bridgehead atoms. The number of hydrogen-bond donors (Lipinski definition) is 2. The number of benzene rings is 1. The third kappa shape index (κ3) is 3.59. The third-order valence-electron chi connectivity index (χ3n) is 5.07. The molecule has 0 aromatic heterocycles. The molecule has 0 radical (unpaired) electrons. The number of amides is 3. The Hall–Kier alpha value is -2.59. The van der Waals surface area contributed by atoms with E-state index in [0.29, 0.717) is 24.5 Å². The number of imide groups is 1. The largest absolute Gasteiger partial charge is 0.491 e. The fourth-order valence-corrected chi connectivity index (χ4v) is 3.54. The minimum Gasteiger partial charge on any atom is -0.491 e. The lowest BCUT2D eigenvalue weighted by molar-refractivity contribution is -0.126. The molecule has 3 rings (SSSR count). The van der Waals surface area contributed by atoms with Gasteiger partial charge in [0.15, 0.2) is 0 Å². The number of carbonyl (C=O) groups is 2. The van der Waals surface area contributed by atoms with Gasteiger partial charge in [-0.25, -0.2) is 4.79 Å². The van der Waals surface area contributed by atoms with E-state index >= 15 is 0 Å². The van der Waals surface area contributed by atoms with Gasteiger partial charge in [-0.15, -0.1) is 0 Å². The summed E-state index contributed by atoms with van der Waals surface area (Å²) in [4.78, 5) is 25.8. The van der Waals surface area contributed by atoms with E-state index in [0.717, 1.165) is 25.9 Å². The first-order chi connectivity index (χ1) is 12.0. The lowest BCUT2D eigenvalue weighted by Gasteiger charge is -2.39. The summed E-state index contributed by atoms with van der Waals surface area (Å²) < 4.78 is 5.74. The molecule has 2 N–H and O–H groups in total. The smallest absolute Gasteiger partial charge is 0.322 e. The Morgan fingerprint density at radius 3 is 2.92 bits per heavy atom. The second-order valence-corrected chi connectivity index (χ2v) is 6.71. The zero-order valence-corrected chi connectivity index (χ0v) is 14.2. The number of ether oxygens (including phenoxy) is 1. The van der Waals surface area contributed by atoms with Gasteiger partial charge in [0, 0.05) is 19.0 Å². The number of piperidine rings is 1. The van der Waals surface area contributed by atoms with Crippen molar-refractivity contribution in [3.8, 4) is 11.8 Å². The number of rotatable bonds is 5. The van der Waals surface area contributed by atoms with Crippen LogP contribution >= 0.6 is 0 Å². The van der Waals surface area contributed by atoms with Crippen molar-refractivity contribution < 1.29 is 14.3 Å². The highest BCUT2D eigenvalue weighted by molar-refractivity contribution is 6.06. The standard InChI is InChI=1S/C18H22N4O3/c1-18(16(23)20-17(24)21-18)14-6-4-8-22(12-14)9-10-25-15-7-3-2-5-13(15)11-19/h2-3,5,7,14H,4,6,8-10,12H2,1H3,(H2,20,21,23,24)/t14-,18-/m1/s1. The van der Waals surface area contributed by atoms with E-state index in [1.807, 2.05) is 12.1 Å². The molecule has 0 spiro atoms. The van der Waals surface area contributed by atoms with Crippen LogP contribution in [-0.4, -0.2) is 48.6 Å². The zero-order valence-electron chi connectivity index (χ0n) is 14.2. The molecule has 3 amide bonds. The summed E-state index contributed by atoms with van der Waals surface area (Å²) in [6.07, 6.45) is 1.87. The lowest BCUT2D eigenvalue weighted by atomic mass is 9.80. The van der Waals surface area contributed by atoms with Gasteiger partial charge in [-0.3, -0.25) is 15.0 Å². The van der Waals surface area contributed by atoms with E-state index in [4.69, 9.17) is 10.00 Å². The topological polar surface area (TPSA) is 94.5 Å². The Morgan fingerprint density at radius 1 is 1.40 bits per heavy atom. The fraction of sp³-hybridized carbons (Fsp3) is 0.500. The molecular weight excluding hydrogens is 320 g/mol. The second-order valence-electron chi connectivity index (χ2n) is 6.71. The second kappa shape index (κ2) is 7.11. The number of hydrogen-bond acceptors (Lipinski definition) is 5. The van der Waals surface area contributed by atoms with Crippen LogP contribution in [0.1, 0.15) is 25.3 Å². The van der Waals surface area contributed by atoms with Gasteiger partial charge >= 0.3 is 6.03 Å². The van der Waals surface area contributed by atoms with Gasteiger partial charge in [0.1, 0.15) is 24.0 Å². The monoisotopic (exact) mass is 342 g/mol. The molecule has 2 saturated heterocycles. The number of likely N-dealkylation sites (tertiary alicyclic amines) is 1. The van der Waals surface area contributed by atoms with E-state index in [1.54, 1.807) is 19.1 Å². The van der Waals surface area contributed by atoms with Crippen LogP contribution in [0.4, 0.5) is 4.79 Å². The van der Waals surface area contributed by atoms with Crippen molar-refractivity contribution in [2.45, 2.75) is 25.3 Å². The molecule has 25 heavy (non-hydrogen) atoms. The SMILES string of the molecule is C[C@]1([C@@H]2CCCN(CCOc3ccccc3C#N)C2)NC(=O)NC1=O. The Labute approximate surface area is 146 Å². The van der Waals surface area contributed by atoms with Crippen molar-refractivity contribution in [1.82, 2.24) is 15.5 Å². The van der Waals surface area contributed by atoms with Crippen LogP contribution in [0.3, 0.4) is 0 Å². The van der Waals surface area contributed by atoms with Crippen molar-refractivity contribution >= 4 is 11.9 Å². The Bertz CT molecular complexity index is 715. The first-order valence-electron chi connectivity index (χ1n) is 8.51. The van der Waals surface area contributed by atoms with Gasteiger partial charge in [-0.05, 0) is 38.4 Å². The Balaban J connectivity index is 1.55. The summed E-state index contributed by atoms with van der Waals surface area (Å²) in [6, 6.07) is 8.87. The summed E-state index contributed by atoms with van der Waals surface area (Å²) in [5, 5.41) is 14.2. The van der Waals surface area contributed by atoms with Gasteiger partial charge in [0.05, 0.1) is 5.56 Å². The minimum absolute atomic E-state index is 0.0686. The van der Waals surface area contributed by atoms with Crippen LogP contribution < -0.4 is 15.4 Å². The van der Waals surface area contributed by atoms with Crippen LogP contribution in [0.15, 0.2) is 24.3 Å². The molecule has 7 nitrogen and oxygen atoms in total. The highest BCUT2D eigenvalue weighted by Crippen LogP contribution is 2.29. The van der Waals surface area contributed by atoms with Crippen molar-refractivity contribution in [1.29, 1.82) is 5.26 Å². The number of nitriles is 1. The maximum atomic E-state index is 12.1. The van der Waals surface area contributed by atoms with Crippen LogP contribution in [0.25, 0.3) is 0 Å². The first-order valence-corrected chi connectivity index (χ1v) is 8.51. The van der Waals surface area contributed by atoms with Crippen LogP contribution in [0.2, 0.25) is 0 Å². The molecule has 7 heteroatoms. The molecule has 0 aliphatic carbocycles. The van der Waals surface area contributed by atoms with Crippen LogP contribution in [0.5, 0.6) is 5.75 Å². The van der Waals surface area contributed by atoms with Crippen molar-refractivity contribution in [3.05, 3.63) is 29.8 Å². The number of nitrogens with zero attached hydrogens (tertiary/aromatic N) is 2. The van der Waals surface area contributed by atoms with Crippen molar-refractivity contribution in [2.75, 3.05) is 26.2 Å². The molecule has 1 aromatic rings. The summed E-state index contributed by atoms with van der Waals surface area (Å²) in [5.74, 6) is 0.413. The third-order valence-corrected chi connectivity index (χ3v) is 5.07. The molecular formula is C18H22N4O3. The summed E-state index contributed by atoms with van der Waals surface area (Å²) in [7, 11) is 0. The van der Waals surface area contributed by atoms with Gasteiger partial charge < -0.3 is 10.1 Å². The highest BCUT2D eigenvalue weighted by Gasteiger charge is 2.48. The number of urea groups is 1. The Kier molecular flexibility index (Phi) is 4.91. The van der Waals surface area contributed by atoms with E-state index < -0.39 is 11.6 Å². The van der Waals surface area contributed by atoms with Crippen molar-refractivity contribution in [2.24, 2.45) is 5.92 Å². The maximum Gasteiger partial charge on any atom is 0.322 e. The molecule has 2 fully saturated rings. The van der Waals surface area contributed by atoms with E-state index in [2.05, 4.69) is 21.6 Å². The van der Waals surface area contributed by atoms with Crippen LogP contribution in [0, 0.1) is 17.2 Å². The van der Waals surface area contributed by atoms with E-state index in [1.165, 1.54) is 0 Å². The number of para-hydroxylation sites is 1. The molecule has 2 aliphatic heterocycles. The van der Waals surface area contributed by atoms with Crippen LogP contribution in [-0.2, 0) is 4.79 Å². The minimum atomic E-state index is -0.843. The summed E-state index contributed by atoms with van der Waals surface area (Å²) in [6.45, 7) is 4.64. The van der Waals surface area contributed by atoms with E-state index in [-0.39, 0.29) is 11.8 Å². The average Bonchev–Trinajstić information content (AvgIpc) is 2.89. The van der Waals surface area contributed by atoms with E-state index in [9.17, 15) is 9.59 Å². The molecule has 1 aromatic carbocycles. The molecule has 2 atom stereocenters. The fourth-order valence-electron chi connectivity index (χ4n) is 3.54. The normalized spacial score (nSPS) is 26.6. The lowest BCUT2D eigenvalue weighted by Crippen LogP contribution is -2.56. The molecule has 132 valence electrons. The first kappa shape index (κ1) is 17.2. The highest BCUT2D eigenvalue weighted by atomic mass is 16.5. The zero-order chi connectivity index (χ0) is 17.9. The van der Waals surface area contributed by atoms with Gasteiger partial charge in [0.2, 0.25) is 0 Å². The quantitative estimate of drug-likeness (QED) is 0.785. The van der Waals surface area contributed by atoms with Gasteiger partial charge in [-0.2, -0.15) is 5.26 Å². The Morgan fingerprint density at radius 2 is 2.20 bits per heavy atom. The predicted octanol–water partition coefficient (Wildman–Crippen LogP) is 1.25. The molecule has 0 unspecified atom stereocenters. The molecule has 2 heterocycles.